The topological polar surface area (TPSA) is 54.0 Å². The SMILES string of the molecule is O=C(CCC1CCCC1)Nc1cccc(-c2csc(Nc3ccccc3F)n2)c1. The monoisotopic (exact) mass is 409 g/mol. The summed E-state index contributed by atoms with van der Waals surface area (Å²) < 4.78 is 13.8. The van der Waals surface area contributed by atoms with Crippen LogP contribution in [0.4, 0.5) is 20.9 Å². The van der Waals surface area contributed by atoms with Crippen LogP contribution in [-0.2, 0) is 4.79 Å². The molecule has 1 saturated carbocycles. The lowest BCUT2D eigenvalue weighted by Crippen LogP contribution is -2.12. The molecule has 4 rings (SSSR count). The van der Waals surface area contributed by atoms with Crippen LogP contribution in [0.3, 0.4) is 0 Å². The lowest BCUT2D eigenvalue weighted by Gasteiger charge is -2.10. The van der Waals surface area contributed by atoms with Gasteiger partial charge in [0.25, 0.3) is 0 Å². The molecule has 29 heavy (non-hydrogen) atoms. The Morgan fingerprint density at radius 3 is 2.79 bits per heavy atom. The summed E-state index contributed by atoms with van der Waals surface area (Å²) in [6.45, 7) is 0. The number of carbonyl (C=O) groups is 1. The number of benzene rings is 2. The van der Waals surface area contributed by atoms with Gasteiger partial charge in [0, 0.05) is 23.1 Å². The van der Waals surface area contributed by atoms with Gasteiger partial charge in [0.15, 0.2) is 5.13 Å². The molecule has 0 spiro atoms. The highest BCUT2D eigenvalue weighted by atomic mass is 32.1. The van der Waals surface area contributed by atoms with Gasteiger partial charge >= 0.3 is 0 Å². The van der Waals surface area contributed by atoms with Crippen LogP contribution in [-0.4, -0.2) is 10.9 Å². The van der Waals surface area contributed by atoms with Crippen LogP contribution in [0.5, 0.6) is 0 Å². The number of aromatic nitrogens is 1. The number of hydrogen-bond acceptors (Lipinski definition) is 4. The van der Waals surface area contributed by atoms with Gasteiger partial charge in [-0.1, -0.05) is 49.9 Å². The molecule has 2 aromatic carbocycles. The van der Waals surface area contributed by atoms with Crippen LogP contribution < -0.4 is 10.6 Å². The second kappa shape index (κ2) is 9.18. The van der Waals surface area contributed by atoms with Crippen molar-refractivity contribution in [1.82, 2.24) is 4.98 Å². The van der Waals surface area contributed by atoms with Gasteiger partial charge in [-0.3, -0.25) is 4.79 Å². The molecule has 0 bridgehead atoms. The zero-order chi connectivity index (χ0) is 20.1. The summed E-state index contributed by atoms with van der Waals surface area (Å²) in [4.78, 5) is 16.8. The molecule has 0 aliphatic heterocycles. The second-order valence-electron chi connectivity index (χ2n) is 7.46. The van der Waals surface area contributed by atoms with Gasteiger partial charge in [0.2, 0.25) is 5.91 Å². The number of rotatable bonds is 7. The lowest BCUT2D eigenvalue weighted by molar-refractivity contribution is -0.116. The van der Waals surface area contributed by atoms with Crippen LogP contribution >= 0.6 is 11.3 Å². The van der Waals surface area contributed by atoms with Crippen molar-refractivity contribution in [3.8, 4) is 11.3 Å². The summed E-state index contributed by atoms with van der Waals surface area (Å²) in [6, 6.07) is 14.2. The maximum Gasteiger partial charge on any atom is 0.224 e. The van der Waals surface area contributed by atoms with E-state index in [9.17, 15) is 9.18 Å². The zero-order valence-corrected chi connectivity index (χ0v) is 17.0. The number of anilines is 3. The van der Waals surface area contributed by atoms with Crippen molar-refractivity contribution in [2.24, 2.45) is 5.92 Å². The van der Waals surface area contributed by atoms with Crippen LogP contribution in [0.15, 0.2) is 53.9 Å². The molecule has 0 atom stereocenters. The average Bonchev–Trinajstić information content (AvgIpc) is 3.41. The first kappa shape index (κ1) is 19.6. The summed E-state index contributed by atoms with van der Waals surface area (Å²) in [6.07, 6.45) is 6.67. The Balaban J connectivity index is 1.39. The van der Waals surface area contributed by atoms with Gasteiger partial charge in [-0.05, 0) is 36.6 Å². The number of carbonyl (C=O) groups excluding carboxylic acids is 1. The highest BCUT2D eigenvalue weighted by Gasteiger charge is 2.16. The number of halogens is 1. The summed E-state index contributed by atoms with van der Waals surface area (Å²) >= 11 is 1.41. The van der Waals surface area contributed by atoms with Crippen molar-refractivity contribution in [3.05, 3.63) is 59.7 Å². The fourth-order valence-electron chi connectivity index (χ4n) is 3.76. The van der Waals surface area contributed by atoms with E-state index in [2.05, 4.69) is 15.6 Å². The van der Waals surface area contributed by atoms with E-state index in [0.29, 0.717) is 23.2 Å². The Morgan fingerprint density at radius 1 is 1.14 bits per heavy atom. The van der Waals surface area contributed by atoms with E-state index in [-0.39, 0.29) is 11.7 Å². The minimum Gasteiger partial charge on any atom is -0.329 e. The molecule has 1 fully saturated rings. The first-order valence-corrected chi connectivity index (χ1v) is 10.9. The average molecular weight is 410 g/mol. The van der Waals surface area contributed by atoms with Crippen molar-refractivity contribution < 1.29 is 9.18 Å². The van der Waals surface area contributed by atoms with Crippen molar-refractivity contribution in [3.63, 3.8) is 0 Å². The highest BCUT2D eigenvalue weighted by molar-refractivity contribution is 7.14. The van der Waals surface area contributed by atoms with Gasteiger partial charge in [0.1, 0.15) is 5.82 Å². The third-order valence-corrected chi connectivity index (χ3v) is 6.07. The number of nitrogens with zero attached hydrogens (tertiary/aromatic N) is 1. The van der Waals surface area contributed by atoms with E-state index in [0.717, 1.165) is 23.4 Å². The maximum atomic E-state index is 13.8. The van der Waals surface area contributed by atoms with Gasteiger partial charge < -0.3 is 10.6 Å². The normalized spacial score (nSPS) is 14.1. The zero-order valence-electron chi connectivity index (χ0n) is 16.2. The first-order chi connectivity index (χ1) is 14.2. The summed E-state index contributed by atoms with van der Waals surface area (Å²) in [5.74, 6) is 0.461. The lowest BCUT2D eigenvalue weighted by atomic mass is 10.0. The first-order valence-electron chi connectivity index (χ1n) is 10.0. The van der Waals surface area contributed by atoms with E-state index in [4.69, 9.17) is 0 Å². The minimum atomic E-state index is -0.313. The Hall–Kier alpha value is -2.73. The minimum absolute atomic E-state index is 0.0641. The molecule has 1 aliphatic carbocycles. The Morgan fingerprint density at radius 2 is 1.97 bits per heavy atom. The molecular weight excluding hydrogens is 385 g/mol. The quantitative estimate of drug-likeness (QED) is 0.462. The molecule has 1 aromatic heterocycles. The summed E-state index contributed by atoms with van der Waals surface area (Å²) in [5, 5.41) is 8.56. The van der Waals surface area contributed by atoms with Crippen molar-refractivity contribution >= 4 is 33.8 Å². The number of nitrogens with one attached hydrogen (secondary N) is 2. The van der Waals surface area contributed by atoms with Gasteiger partial charge in [-0.15, -0.1) is 11.3 Å². The molecule has 4 nitrogen and oxygen atoms in total. The molecule has 6 heteroatoms. The third kappa shape index (κ3) is 5.21. The third-order valence-electron chi connectivity index (χ3n) is 5.32. The molecule has 3 aromatic rings. The number of amides is 1. The van der Waals surface area contributed by atoms with Gasteiger partial charge in [-0.25, -0.2) is 9.37 Å². The summed E-state index contributed by atoms with van der Waals surface area (Å²) in [7, 11) is 0. The molecule has 150 valence electrons. The van der Waals surface area contributed by atoms with Crippen molar-refractivity contribution in [2.45, 2.75) is 38.5 Å². The molecule has 1 aliphatic rings. The Labute approximate surface area is 174 Å². The van der Waals surface area contributed by atoms with Crippen molar-refractivity contribution in [1.29, 1.82) is 0 Å². The van der Waals surface area contributed by atoms with Crippen LogP contribution in [0.25, 0.3) is 11.3 Å². The van der Waals surface area contributed by atoms with E-state index >= 15 is 0 Å². The predicted octanol–water partition coefficient (Wildman–Crippen LogP) is 6.60. The van der Waals surface area contributed by atoms with Crippen LogP contribution in [0.1, 0.15) is 38.5 Å². The van der Waals surface area contributed by atoms with E-state index < -0.39 is 0 Å². The number of para-hydroxylation sites is 1. The van der Waals surface area contributed by atoms with E-state index in [1.54, 1.807) is 18.2 Å². The molecule has 0 unspecified atom stereocenters. The molecule has 2 N–H and O–H groups in total. The molecular formula is C23H24FN3OS. The maximum absolute atomic E-state index is 13.8. The van der Waals surface area contributed by atoms with Crippen LogP contribution in [0.2, 0.25) is 0 Å². The van der Waals surface area contributed by atoms with Crippen molar-refractivity contribution in [2.75, 3.05) is 10.6 Å². The molecule has 0 radical (unpaired) electrons. The fraction of sp³-hybridized carbons (Fsp3) is 0.304. The Kier molecular flexibility index (Phi) is 6.20. The molecule has 1 amide bonds. The second-order valence-corrected chi connectivity index (χ2v) is 8.32. The van der Waals surface area contributed by atoms with Gasteiger partial charge in [-0.2, -0.15) is 0 Å². The predicted molar refractivity (Wildman–Crippen MR) is 117 cm³/mol. The smallest absolute Gasteiger partial charge is 0.224 e. The fourth-order valence-corrected chi connectivity index (χ4v) is 4.49. The van der Waals surface area contributed by atoms with Crippen LogP contribution in [0, 0.1) is 11.7 Å². The molecule has 0 saturated heterocycles. The van der Waals surface area contributed by atoms with E-state index in [1.165, 1.54) is 43.1 Å². The van der Waals surface area contributed by atoms with Gasteiger partial charge in [0.05, 0.1) is 11.4 Å². The Bertz CT molecular complexity index is 982. The number of thiazole rings is 1. The summed E-state index contributed by atoms with van der Waals surface area (Å²) in [5.41, 5.74) is 2.87. The van der Waals surface area contributed by atoms with E-state index in [1.807, 2.05) is 29.6 Å². The standard InChI is InChI=1S/C23H24FN3OS/c24-19-10-3-4-11-20(19)26-23-27-21(15-29-23)17-8-5-9-18(14-17)25-22(28)13-12-16-6-1-2-7-16/h3-5,8-11,14-16H,1-2,6-7,12-13H2,(H,25,28)(H,26,27). The largest absolute Gasteiger partial charge is 0.329 e. The highest BCUT2D eigenvalue weighted by Crippen LogP contribution is 2.30. The number of hydrogen-bond donors (Lipinski definition) is 2. The molecule has 1 heterocycles.